The van der Waals surface area contributed by atoms with E-state index >= 15 is 0 Å². The van der Waals surface area contributed by atoms with Gasteiger partial charge in [-0.15, -0.1) is 11.8 Å². The summed E-state index contributed by atoms with van der Waals surface area (Å²) in [5.74, 6) is 0.0178. The van der Waals surface area contributed by atoms with E-state index in [1.165, 1.54) is 11.8 Å². The number of carbonyl (C=O) groups is 1. The topological polar surface area (TPSA) is 49.3 Å². The molecule has 4 heteroatoms. The first kappa shape index (κ1) is 7.88. The van der Waals surface area contributed by atoms with Crippen LogP contribution in [0.25, 0.3) is 0 Å². The summed E-state index contributed by atoms with van der Waals surface area (Å²) in [5.41, 5.74) is -0.253. The second kappa shape index (κ2) is 2.43. The lowest BCUT2D eigenvalue weighted by atomic mass is 10.0. The standard InChI is InChI=1S/C6H11NO2S/c1-6(2)4(5(8)9)10-3-7-6/h4,7H,3H2,1-2H3,(H,8,9)/t4-/m0/s1. The molecule has 3 nitrogen and oxygen atoms in total. The summed E-state index contributed by atoms with van der Waals surface area (Å²) in [4.78, 5) is 10.6. The van der Waals surface area contributed by atoms with Crippen LogP contribution in [0.1, 0.15) is 13.8 Å². The van der Waals surface area contributed by atoms with E-state index in [1.807, 2.05) is 13.8 Å². The van der Waals surface area contributed by atoms with Crippen LogP contribution in [0.3, 0.4) is 0 Å². The molecule has 58 valence electrons. The fraction of sp³-hybridized carbons (Fsp3) is 0.833. The van der Waals surface area contributed by atoms with Gasteiger partial charge in [0.05, 0.1) is 0 Å². The van der Waals surface area contributed by atoms with Crippen molar-refractivity contribution in [1.82, 2.24) is 5.32 Å². The molecule has 1 rings (SSSR count). The molecule has 0 unspecified atom stereocenters. The van der Waals surface area contributed by atoms with E-state index in [4.69, 9.17) is 5.11 Å². The van der Waals surface area contributed by atoms with Crippen LogP contribution in [-0.4, -0.2) is 27.7 Å². The number of hydrogen-bond acceptors (Lipinski definition) is 3. The van der Waals surface area contributed by atoms with Crippen molar-refractivity contribution < 1.29 is 9.90 Å². The van der Waals surface area contributed by atoms with Crippen molar-refractivity contribution in [1.29, 1.82) is 0 Å². The zero-order valence-corrected chi connectivity index (χ0v) is 6.86. The summed E-state index contributed by atoms with van der Waals surface area (Å²) in [6.45, 7) is 3.82. The van der Waals surface area contributed by atoms with Gasteiger partial charge in [-0.2, -0.15) is 0 Å². The molecule has 1 atom stereocenters. The Hall–Kier alpha value is -0.220. The minimum Gasteiger partial charge on any atom is -0.480 e. The zero-order chi connectivity index (χ0) is 7.78. The highest BCUT2D eigenvalue weighted by molar-refractivity contribution is 8.00. The Bertz CT molecular complexity index is 158. The maximum absolute atomic E-state index is 10.6. The normalized spacial score (nSPS) is 30.4. The van der Waals surface area contributed by atoms with Crippen molar-refractivity contribution in [3.8, 4) is 0 Å². The average Bonchev–Trinajstić information content (AvgIpc) is 2.08. The molecule has 0 spiro atoms. The third-order valence-electron chi connectivity index (χ3n) is 1.66. The Morgan fingerprint density at radius 1 is 1.80 bits per heavy atom. The van der Waals surface area contributed by atoms with Gasteiger partial charge in [0.2, 0.25) is 0 Å². The lowest BCUT2D eigenvalue weighted by Gasteiger charge is -2.21. The van der Waals surface area contributed by atoms with Crippen LogP contribution in [0.2, 0.25) is 0 Å². The summed E-state index contributed by atoms with van der Waals surface area (Å²) in [5, 5.41) is 11.5. The maximum atomic E-state index is 10.6. The molecule has 0 aliphatic carbocycles. The molecule has 0 aromatic rings. The van der Waals surface area contributed by atoms with Crippen LogP contribution in [0.5, 0.6) is 0 Å². The molecule has 0 amide bonds. The number of carboxylic acids is 1. The molecule has 1 aliphatic heterocycles. The van der Waals surface area contributed by atoms with Crippen molar-refractivity contribution in [2.45, 2.75) is 24.6 Å². The van der Waals surface area contributed by atoms with Gasteiger partial charge in [-0.1, -0.05) is 0 Å². The van der Waals surface area contributed by atoms with Gasteiger partial charge in [-0.3, -0.25) is 4.79 Å². The number of nitrogens with one attached hydrogen (secondary N) is 1. The molecule has 0 aromatic heterocycles. The zero-order valence-electron chi connectivity index (χ0n) is 6.05. The van der Waals surface area contributed by atoms with E-state index < -0.39 is 5.97 Å². The molecular weight excluding hydrogens is 150 g/mol. The predicted molar refractivity (Wildman–Crippen MR) is 41.1 cm³/mol. The van der Waals surface area contributed by atoms with Crippen LogP contribution in [0.15, 0.2) is 0 Å². The second-order valence-corrected chi connectivity index (χ2v) is 4.02. The molecule has 0 aromatic carbocycles. The monoisotopic (exact) mass is 161 g/mol. The first-order valence-corrected chi connectivity index (χ1v) is 4.18. The van der Waals surface area contributed by atoms with E-state index in [9.17, 15) is 4.79 Å². The highest BCUT2D eigenvalue weighted by Crippen LogP contribution is 2.29. The summed E-state index contributed by atoms with van der Waals surface area (Å²) < 4.78 is 0. The highest BCUT2D eigenvalue weighted by Gasteiger charge is 2.39. The molecular formula is C6H11NO2S. The smallest absolute Gasteiger partial charge is 0.318 e. The molecule has 1 aliphatic rings. The number of rotatable bonds is 1. The van der Waals surface area contributed by atoms with E-state index in [2.05, 4.69) is 5.32 Å². The fourth-order valence-corrected chi connectivity index (χ4v) is 2.26. The van der Waals surface area contributed by atoms with Gasteiger partial charge in [0.15, 0.2) is 0 Å². The van der Waals surface area contributed by atoms with Crippen LogP contribution < -0.4 is 5.32 Å². The third-order valence-corrected chi connectivity index (χ3v) is 3.09. The molecule has 0 bridgehead atoms. The van der Waals surface area contributed by atoms with Gasteiger partial charge in [0.25, 0.3) is 0 Å². The fourth-order valence-electron chi connectivity index (χ4n) is 0.992. The van der Waals surface area contributed by atoms with E-state index in [1.54, 1.807) is 0 Å². The van der Waals surface area contributed by atoms with Gasteiger partial charge in [0, 0.05) is 11.4 Å². The van der Waals surface area contributed by atoms with E-state index in [0.29, 0.717) is 0 Å². The van der Waals surface area contributed by atoms with Crippen LogP contribution in [-0.2, 0) is 4.79 Å². The highest BCUT2D eigenvalue weighted by atomic mass is 32.2. The van der Waals surface area contributed by atoms with Crippen molar-refractivity contribution in [3.63, 3.8) is 0 Å². The Kier molecular flexibility index (Phi) is 1.92. The molecule has 1 fully saturated rings. The van der Waals surface area contributed by atoms with E-state index in [0.717, 1.165) is 5.88 Å². The number of hydrogen-bond donors (Lipinski definition) is 2. The SMILES string of the molecule is CC1(C)NCS[C@H]1C(=O)O. The van der Waals surface area contributed by atoms with Crippen molar-refractivity contribution in [3.05, 3.63) is 0 Å². The van der Waals surface area contributed by atoms with Crippen LogP contribution in [0.4, 0.5) is 0 Å². The summed E-state index contributed by atoms with van der Waals surface area (Å²) >= 11 is 1.45. The lowest BCUT2D eigenvalue weighted by Crippen LogP contribution is -2.44. The summed E-state index contributed by atoms with van der Waals surface area (Å²) in [6, 6.07) is 0. The number of thioether (sulfide) groups is 1. The number of carboxylic acid groups (broad SMARTS) is 1. The van der Waals surface area contributed by atoms with E-state index in [-0.39, 0.29) is 10.8 Å². The van der Waals surface area contributed by atoms with Crippen molar-refractivity contribution in [2.75, 3.05) is 5.88 Å². The van der Waals surface area contributed by atoms with Crippen LogP contribution >= 0.6 is 11.8 Å². The lowest BCUT2D eigenvalue weighted by molar-refractivity contribution is -0.137. The quantitative estimate of drug-likeness (QED) is 0.588. The Balaban J connectivity index is 2.68. The predicted octanol–water partition coefficient (Wildman–Crippen LogP) is 0.512. The van der Waals surface area contributed by atoms with Crippen LogP contribution in [0, 0.1) is 0 Å². The molecule has 1 heterocycles. The van der Waals surface area contributed by atoms with Crippen molar-refractivity contribution >= 4 is 17.7 Å². The number of aliphatic carboxylic acids is 1. The first-order valence-electron chi connectivity index (χ1n) is 3.13. The van der Waals surface area contributed by atoms with Gasteiger partial charge >= 0.3 is 5.97 Å². The second-order valence-electron chi connectivity index (χ2n) is 2.93. The van der Waals surface area contributed by atoms with Crippen molar-refractivity contribution in [2.24, 2.45) is 0 Å². The Labute approximate surface area is 64.2 Å². The first-order chi connectivity index (χ1) is 4.54. The summed E-state index contributed by atoms with van der Waals surface area (Å²) in [6.07, 6.45) is 0. The third kappa shape index (κ3) is 1.27. The minimum absolute atomic E-state index is 0.253. The van der Waals surface area contributed by atoms with Gasteiger partial charge in [-0.05, 0) is 13.8 Å². The van der Waals surface area contributed by atoms with Gasteiger partial charge in [0.1, 0.15) is 5.25 Å². The molecule has 0 saturated carbocycles. The molecule has 2 N–H and O–H groups in total. The van der Waals surface area contributed by atoms with Gasteiger partial charge in [-0.25, -0.2) is 0 Å². The molecule has 0 radical (unpaired) electrons. The molecule has 1 saturated heterocycles. The Morgan fingerprint density at radius 2 is 2.40 bits per heavy atom. The minimum atomic E-state index is -0.722. The summed E-state index contributed by atoms with van der Waals surface area (Å²) in [7, 11) is 0. The largest absolute Gasteiger partial charge is 0.480 e. The Morgan fingerprint density at radius 3 is 2.60 bits per heavy atom. The van der Waals surface area contributed by atoms with Gasteiger partial charge < -0.3 is 10.4 Å². The average molecular weight is 161 g/mol. The molecule has 10 heavy (non-hydrogen) atoms. The maximum Gasteiger partial charge on any atom is 0.318 e.